The molecule has 4 nitrogen and oxygen atoms in total. The second-order valence-corrected chi connectivity index (χ2v) is 5.01. The number of carbonyl (C=O) groups is 1. The smallest absolute Gasteiger partial charge is 0.320 e. The number of cyclic esters (lactones) is 1. The Labute approximate surface area is 119 Å². The first kappa shape index (κ1) is 14.8. The van der Waals surface area contributed by atoms with Crippen molar-refractivity contribution in [2.75, 3.05) is 13.2 Å². The Balaban J connectivity index is 2.12. The Morgan fingerprint density at radius 3 is 2.80 bits per heavy atom. The topological polar surface area (TPSA) is 49.8 Å². The van der Waals surface area contributed by atoms with Gasteiger partial charge in [-0.05, 0) is 24.5 Å². The summed E-state index contributed by atoms with van der Waals surface area (Å²) in [6, 6.07) is 10.1. The van der Waals surface area contributed by atoms with Crippen LogP contribution in [0.5, 0.6) is 0 Å². The Hall–Kier alpha value is -1.65. The Morgan fingerprint density at radius 1 is 1.40 bits per heavy atom. The first-order valence-corrected chi connectivity index (χ1v) is 6.95. The van der Waals surface area contributed by atoms with E-state index < -0.39 is 0 Å². The summed E-state index contributed by atoms with van der Waals surface area (Å²) in [5.74, 6) is -0.217. The zero-order valence-corrected chi connectivity index (χ0v) is 11.6. The Bertz CT molecular complexity index is 446. The monoisotopic (exact) mass is 275 g/mol. The quantitative estimate of drug-likeness (QED) is 0.634. The maximum atomic E-state index is 11.7. The molecule has 0 unspecified atom stereocenters. The number of esters is 1. The minimum atomic E-state index is -0.300. The molecule has 0 aromatic heterocycles. The van der Waals surface area contributed by atoms with Crippen molar-refractivity contribution < 1.29 is 14.6 Å². The third-order valence-electron chi connectivity index (χ3n) is 3.57. The van der Waals surface area contributed by atoms with Crippen LogP contribution in [0.2, 0.25) is 0 Å². The van der Waals surface area contributed by atoms with Crippen LogP contribution in [0, 0.1) is 0 Å². The average Bonchev–Trinajstić information content (AvgIpc) is 2.46. The molecule has 108 valence electrons. The van der Waals surface area contributed by atoms with Crippen LogP contribution in [0.4, 0.5) is 0 Å². The third-order valence-corrected chi connectivity index (χ3v) is 3.57. The maximum absolute atomic E-state index is 11.7. The van der Waals surface area contributed by atoms with Crippen molar-refractivity contribution in [3.8, 4) is 0 Å². The maximum Gasteiger partial charge on any atom is 0.320 e. The predicted octanol–water partition coefficient (Wildman–Crippen LogP) is 1.74. The largest absolute Gasteiger partial charge is 0.456 e. The lowest BCUT2D eigenvalue weighted by molar-refractivity contribution is -0.161. The molecule has 0 radical (unpaired) electrons. The molecule has 0 amide bonds. The van der Waals surface area contributed by atoms with Gasteiger partial charge in [0, 0.05) is 13.2 Å². The van der Waals surface area contributed by atoms with Crippen molar-refractivity contribution in [3.05, 3.63) is 48.6 Å². The van der Waals surface area contributed by atoms with Gasteiger partial charge in [0.2, 0.25) is 0 Å². The lowest BCUT2D eigenvalue weighted by Crippen LogP contribution is -2.52. The molecule has 0 spiro atoms. The fourth-order valence-electron chi connectivity index (χ4n) is 2.60. The summed E-state index contributed by atoms with van der Waals surface area (Å²) in [5.41, 5.74) is 1.17. The molecule has 0 bridgehead atoms. The number of carbonyl (C=O) groups excluding carboxylic acids is 1. The fourth-order valence-corrected chi connectivity index (χ4v) is 2.60. The average molecular weight is 275 g/mol. The summed E-state index contributed by atoms with van der Waals surface area (Å²) in [6.07, 6.45) is 2.86. The molecule has 1 N–H and O–H groups in total. The molecular formula is C16H21NO3. The van der Waals surface area contributed by atoms with Crippen molar-refractivity contribution in [1.29, 1.82) is 0 Å². The number of hydrogen-bond donors (Lipinski definition) is 1. The molecule has 0 saturated carbocycles. The summed E-state index contributed by atoms with van der Waals surface area (Å²) in [6.45, 7) is 4.89. The van der Waals surface area contributed by atoms with E-state index in [1.165, 1.54) is 5.56 Å². The van der Waals surface area contributed by atoms with Crippen molar-refractivity contribution in [2.24, 2.45) is 0 Å². The highest BCUT2D eigenvalue weighted by Gasteiger charge is 2.34. The highest BCUT2D eigenvalue weighted by Crippen LogP contribution is 2.22. The molecule has 1 aliphatic heterocycles. The van der Waals surface area contributed by atoms with Gasteiger partial charge in [-0.25, -0.2) is 0 Å². The van der Waals surface area contributed by atoms with Crippen LogP contribution in [-0.4, -0.2) is 41.3 Å². The van der Waals surface area contributed by atoms with Crippen molar-refractivity contribution in [3.63, 3.8) is 0 Å². The summed E-state index contributed by atoms with van der Waals surface area (Å²) < 4.78 is 5.33. The van der Waals surface area contributed by atoms with Gasteiger partial charge in [-0.2, -0.15) is 0 Å². The number of morpholine rings is 1. The van der Waals surface area contributed by atoms with Crippen LogP contribution in [0.1, 0.15) is 18.4 Å². The molecule has 2 rings (SSSR count). The van der Waals surface area contributed by atoms with Crippen LogP contribution in [-0.2, 0) is 16.1 Å². The van der Waals surface area contributed by atoms with Gasteiger partial charge < -0.3 is 9.84 Å². The van der Waals surface area contributed by atoms with Gasteiger partial charge in [0.1, 0.15) is 6.10 Å². The van der Waals surface area contributed by atoms with E-state index in [4.69, 9.17) is 9.84 Å². The standard InChI is InChI=1S/C16H21NO3/c1-2-15-14(9-6-10-18)17(12-16(19)20-15)11-13-7-4-3-5-8-13/h2-5,7-8,14-15,18H,1,6,9-12H2/t14-,15+/m0/s1. The molecule has 20 heavy (non-hydrogen) atoms. The van der Waals surface area contributed by atoms with E-state index in [2.05, 4.69) is 11.5 Å². The van der Waals surface area contributed by atoms with E-state index in [0.717, 1.165) is 6.42 Å². The number of ether oxygens (including phenoxy) is 1. The second-order valence-electron chi connectivity index (χ2n) is 5.01. The van der Waals surface area contributed by atoms with Crippen LogP contribution in [0.3, 0.4) is 0 Å². The van der Waals surface area contributed by atoms with E-state index in [1.807, 2.05) is 30.3 Å². The van der Waals surface area contributed by atoms with Gasteiger partial charge in [0.15, 0.2) is 0 Å². The van der Waals surface area contributed by atoms with E-state index in [0.29, 0.717) is 13.0 Å². The Kier molecular flexibility index (Phi) is 5.32. The van der Waals surface area contributed by atoms with Crippen molar-refractivity contribution in [1.82, 2.24) is 4.90 Å². The number of aliphatic hydroxyl groups excluding tert-OH is 1. The summed E-state index contributed by atoms with van der Waals surface area (Å²) in [7, 11) is 0. The molecule has 1 aromatic carbocycles. The number of aliphatic hydroxyl groups is 1. The van der Waals surface area contributed by atoms with E-state index in [1.54, 1.807) is 6.08 Å². The number of benzene rings is 1. The van der Waals surface area contributed by atoms with Crippen LogP contribution >= 0.6 is 0 Å². The lowest BCUT2D eigenvalue weighted by atomic mass is 10.0. The number of nitrogens with zero attached hydrogens (tertiary/aromatic N) is 1. The summed E-state index contributed by atoms with van der Waals surface area (Å²) in [5, 5.41) is 9.03. The molecule has 0 aliphatic carbocycles. The normalized spacial score (nSPS) is 23.4. The van der Waals surface area contributed by atoms with Crippen molar-refractivity contribution >= 4 is 5.97 Å². The van der Waals surface area contributed by atoms with Crippen LogP contribution in [0.25, 0.3) is 0 Å². The van der Waals surface area contributed by atoms with Gasteiger partial charge in [-0.15, -0.1) is 0 Å². The SMILES string of the molecule is C=C[C@H]1OC(=O)CN(Cc2ccccc2)[C@H]1CCCO. The molecule has 1 aliphatic rings. The number of rotatable bonds is 6. The zero-order chi connectivity index (χ0) is 14.4. The zero-order valence-electron chi connectivity index (χ0n) is 11.6. The van der Waals surface area contributed by atoms with Crippen LogP contribution in [0.15, 0.2) is 43.0 Å². The summed E-state index contributed by atoms with van der Waals surface area (Å²) >= 11 is 0. The van der Waals surface area contributed by atoms with E-state index in [-0.39, 0.29) is 31.3 Å². The van der Waals surface area contributed by atoms with Gasteiger partial charge in [0.05, 0.1) is 12.6 Å². The first-order chi connectivity index (χ1) is 9.74. The first-order valence-electron chi connectivity index (χ1n) is 6.95. The minimum Gasteiger partial charge on any atom is -0.456 e. The predicted molar refractivity (Wildman–Crippen MR) is 77.0 cm³/mol. The minimum absolute atomic E-state index is 0.0811. The molecule has 1 heterocycles. The van der Waals surface area contributed by atoms with E-state index >= 15 is 0 Å². The van der Waals surface area contributed by atoms with Gasteiger partial charge in [0.25, 0.3) is 0 Å². The highest BCUT2D eigenvalue weighted by molar-refractivity contribution is 5.73. The summed E-state index contributed by atoms with van der Waals surface area (Å²) in [4.78, 5) is 13.8. The Morgan fingerprint density at radius 2 is 2.15 bits per heavy atom. The van der Waals surface area contributed by atoms with Crippen molar-refractivity contribution in [2.45, 2.75) is 31.5 Å². The second kappa shape index (κ2) is 7.22. The highest BCUT2D eigenvalue weighted by atomic mass is 16.5. The molecule has 4 heteroatoms. The number of hydrogen-bond acceptors (Lipinski definition) is 4. The lowest BCUT2D eigenvalue weighted by Gasteiger charge is -2.39. The molecule has 2 atom stereocenters. The fraction of sp³-hybridized carbons (Fsp3) is 0.438. The van der Waals surface area contributed by atoms with Gasteiger partial charge in [-0.1, -0.05) is 36.9 Å². The molecule has 1 aromatic rings. The molecular weight excluding hydrogens is 254 g/mol. The van der Waals surface area contributed by atoms with Crippen LogP contribution < -0.4 is 0 Å². The van der Waals surface area contributed by atoms with Gasteiger partial charge >= 0.3 is 5.97 Å². The van der Waals surface area contributed by atoms with Gasteiger partial charge in [-0.3, -0.25) is 9.69 Å². The third kappa shape index (κ3) is 3.68. The van der Waals surface area contributed by atoms with E-state index in [9.17, 15) is 4.79 Å². The molecule has 1 saturated heterocycles. The molecule has 1 fully saturated rings.